The van der Waals surface area contributed by atoms with Crippen molar-refractivity contribution < 1.29 is 9.53 Å². The minimum Gasteiger partial charge on any atom is -0.444 e. The highest BCUT2D eigenvalue weighted by Gasteiger charge is 2.17. The molecule has 0 fully saturated rings. The molecule has 1 heterocycles. The zero-order chi connectivity index (χ0) is 17.7. The Morgan fingerprint density at radius 2 is 1.92 bits per heavy atom. The molecule has 1 aromatic carbocycles. The molecule has 2 rings (SSSR count). The number of hydrogen-bond donors (Lipinski definition) is 2. The smallest absolute Gasteiger partial charge is 0.414 e. The van der Waals surface area contributed by atoms with Crippen molar-refractivity contribution in [3.63, 3.8) is 0 Å². The first kappa shape index (κ1) is 18.5. The fourth-order valence-corrected chi connectivity index (χ4v) is 3.18. The SMILES string of the molecule is CS(=N)c1ccc(CCc2nnc(NC(=O)OC(C)(C)C)s2)cc1. The Bertz CT molecular complexity index is 720. The quantitative estimate of drug-likeness (QED) is 0.836. The Labute approximate surface area is 148 Å². The second kappa shape index (κ2) is 7.85. The summed E-state index contributed by atoms with van der Waals surface area (Å²) in [5.41, 5.74) is 0.655. The summed E-state index contributed by atoms with van der Waals surface area (Å²) in [4.78, 5) is 12.7. The first-order chi connectivity index (χ1) is 11.2. The number of nitrogens with zero attached hydrogens (tertiary/aromatic N) is 2. The molecule has 6 nitrogen and oxygen atoms in total. The normalized spacial score (nSPS) is 12.7. The van der Waals surface area contributed by atoms with Crippen molar-refractivity contribution in [2.24, 2.45) is 0 Å². The number of rotatable bonds is 5. The van der Waals surface area contributed by atoms with E-state index in [0.29, 0.717) is 5.13 Å². The van der Waals surface area contributed by atoms with Gasteiger partial charge < -0.3 is 4.74 Å². The maximum absolute atomic E-state index is 11.7. The zero-order valence-corrected chi connectivity index (χ0v) is 15.9. The number of hydrogen-bond acceptors (Lipinski definition) is 6. The van der Waals surface area contributed by atoms with E-state index in [4.69, 9.17) is 9.52 Å². The molecule has 1 unspecified atom stereocenters. The monoisotopic (exact) mass is 366 g/mol. The summed E-state index contributed by atoms with van der Waals surface area (Å²) in [5, 5.41) is 12.0. The Hall–Kier alpha value is -1.80. The van der Waals surface area contributed by atoms with Crippen molar-refractivity contribution in [1.82, 2.24) is 10.2 Å². The maximum atomic E-state index is 11.7. The molecule has 8 heteroatoms. The van der Waals surface area contributed by atoms with Gasteiger partial charge in [-0.05, 0) is 51.1 Å². The van der Waals surface area contributed by atoms with E-state index in [9.17, 15) is 4.79 Å². The number of aromatic nitrogens is 2. The molecule has 0 aliphatic rings. The van der Waals surface area contributed by atoms with Crippen LogP contribution in [0.1, 0.15) is 31.3 Å². The number of ether oxygens (including phenoxy) is 1. The average Bonchev–Trinajstić information content (AvgIpc) is 2.91. The van der Waals surface area contributed by atoms with Gasteiger partial charge in [0.05, 0.1) is 0 Å². The third-order valence-electron chi connectivity index (χ3n) is 2.98. The molecule has 0 aliphatic carbocycles. The number of anilines is 1. The Kier molecular flexibility index (Phi) is 6.06. The molecule has 2 N–H and O–H groups in total. The molecule has 1 atom stereocenters. The van der Waals surface area contributed by atoms with E-state index < -0.39 is 22.4 Å². The van der Waals surface area contributed by atoms with Crippen molar-refractivity contribution in [3.05, 3.63) is 34.8 Å². The lowest BCUT2D eigenvalue weighted by Crippen LogP contribution is -2.27. The summed E-state index contributed by atoms with van der Waals surface area (Å²) in [6.07, 6.45) is 2.96. The Morgan fingerprint density at radius 1 is 1.25 bits per heavy atom. The van der Waals surface area contributed by atoms with E-state index in [1.165, 1.54) is 16.9 Å². The van der Waals surface area contributed by atoms with Crippen molar-refractivity contribution in [1.29, 1.82) is 4.78 Å². The summed E-state index contributed by atoms with van der Waals surface area (Å²) < 4.78 is 12.9. The van der Waals surface area contributed by atoms with Gasteiger partial charge in [-0.25, -0.2) is 4.79 Å². The molecule has 130 valence electrons. The number of carbonyl (C=O) groups is 1. The minimum atomic E-state index is -0.541. The van der Waals surface area contributed by atoms with Gasteiger partial charge >= 0.3 is 6.09 Å². The van der Waals surface area contributed by atoms with Crippen LogP contribution in [0.3, 0.4) is 0 Å². The lowest BCUT2D eigenvalue weighted by molar-refractivity contribution is 0.0636. The molecule has 1 amide bonds. The third kappa shape index (κ3) is 6.01. The first-order valence-corrected chi connectivity index (χ1v) is 9.96. The van der Waals surface area contributed by atoms with E-state index in [1.807, 2.05) is 51.3 Å². The van der Waals surface area contributed by atoms with Crippen LogP contribution < -0.4 is 5.32 Å². The first-order valence-electron chi connectivity index (χ1n) is 7.51. The van der Waals surface area contributed by atoms with Gasteiger partial charge in [0.2, 0.25) is 5.13 Å². The van der Waals surface area contributed by atoms with Crippen LogP contribution >= 0.6 is 11.3 Å². The van der Waals surface area contributed by atoms with Crippen LogP contribution in [0.5, 0.6) is 0 Å². The summed E-state index contributed by atoms with van der Waals surface area (Å²) in [6.45, 7) is 5.43. The largest absolute Gasteiger partial charge is 0.444 e. The van der Waals surface area contributed by atoms with Crippen LogP contribution in [0.15, 0.2) is 29.2 Å². The Balaban J connectivity index is 1.87. The average molecular weight is 367 g/mol. The number of aryl methyl sites for hydroxylation is 2. The van der Waals surface area contributed by atoms with E-state index >= 15 is 0 Å². The second-order valence-electron chi connectivity index (χ2n) is 6.28. The van der Waals surface area contributed by atoms with E-state index in [1.54, 1.807) is 0 Å². The predicted molar refractivity (Wildman–Crippen MR) is 97.9 cm³/mol. The number of benzene rings is 1. The molecular formula is C16H22N4O2S2. The topological polar surface area (TPSA) is 88.0 Å². The molecule has 0 aliphatic heterocycles. The summed E-state index contributed by atoms with van der Waals surface area (Å²) in [5.74, 6) is 0. The van der Waals surface area contributed by atoms with Gasteiger partial charge in [0.1, 0.15) is 10.6 Å². The van der Waals surface area contributed by atoms with Crippen LogP contribution in [0, 0.1) is 4.78 Å². The fourth-order valence-electron chi connectivity index (χ4n) is 1.91. The highest BCUT2D eigenvalue weighted by molar-refractivity contribution is 7.85. The predicted octanol–water partition coefficient (Wildman–Crippen LogP) is 4.04. The highest BCUT2D eigenvalue weighted by Crippen LogP contribution is 2.19. The number of nitrogens with one attached hydrogen (secondary N) is 2. The fraction of sp³-hybridized carbons (Fsp3) is 0.438. The third-order valence-corrected chi connectivity index (χ3v) is 4.86. The lowest BCUT2D eigenvalue weighted by Gasteiger charge is -2.18. The molecule has 1 aromatic heterocycles. The number of amides is 1. The second-order valence-corrected chi connectivity index (χ2v) is 8.84. The van der Waals surface area contributed by atoms with Gasteiger partial charge in [0.25, 0.3) is 0 Å². The highest BCUT2D eigenvalue weighted by atomic mass is 32.2. The number of carbonyl (C=O) groups excluding carboxylic acids is 1. The van der Waals surface area contributed by atoms with Crippen molar-refractivity contribution in [2.45, 2.75) is 44.1 Å². The minimum absolute atomic E-state index is 0.443. The summed E-state index contributed by atoms with van der Waals surface area (Å²) >= 11 is 1.35. The van der Waals surface area contributed by atoms with Gasteiger partial charge in [-0.3, -0.25) is 10.1 Å². The molecular weight excluding hydrogens is 344 g/mol. The van der Waals surface area contributed by atoms with Crippen LogP contribution in [0.2, 0.25) is 0 Å². The molecule has 0 saturated heterocycles. The standard InChI is InChI=1S/C16H22N4O2S2/c1-16(2,3)22-15(21)18-14-20-19-13(23-14)10-7-11-5-8-12(9-6-11)24(4)17/h5-6,8-9,17H,7,10H2,1-4H3,(H,18,20,21). The van der Waals surface area contributed by atoms with Gasteiger partial charge in [-0.15, -0.1) is 10.2 Å². The van der Waals surface area contributed by atoms with E-state index in [-0.39, 0.29) is 0 Å². The van der Waals surface area contributed by atoms with E-state index in [0.717, 1.165) is 22.7 Å². The summed E-state index contributed by atoms with van der Waals surface area (Å²) in [7, 11) is -0.459. The van der Waals surface area contributed by atoms with Crippen molar-refractivity contribution >= 4 is 33.3 Å². The Morgan fingerprint density at radius 3 is 2.50 bits per heavy atom. The van der Waals surface area contributed by atoms with Crippen LogP contribution in [-0.2, 0) is 28.3 Å². The summed E-state index contributed by atoms with van der Waals surface area (Å²) in [6, 6.07) is 8.10. The molecule has 0 bridgehead atoms. The molecule has 24 heavy (non-hydrogen) atoms. The van der Waals surface area contributed by atoms with E-state index in [2.05, 4.69) is 15.5 Å². The molecule has 2 aromatic rings. The lowest BCUT2D eigenvalue weighted by atomic mass is 10.1. The van der Waals surface area contributed by atoms with Crippen molar-refractivity contribution in [3.8, 4) is 0 Å². The van der Waals surface area contributed by atoms with Gasteiger partial charge in [0.15, 0.2) is 0 Å². The zero-order valence-electron chi connectivity index (χ0n) is 14.3. The molecule has 0 spiro atoms. The van der Waals surface area contributed by atoms with Gasteiger partial charge in [0, 0.05) is 11.3 Å². The van der Waals surface area contributed by atoms with Gasteiger partial charge in [-0.2, -0.15) is 0 Å². The van der Waals surface area contributed by atoms with Crippen molar-refractivity contribution in [2.75, 3.05) is 11.6 Å². The van der Waals surface area contributed by atoms with Gasteiger partial charge in [-0.1, -0.05) is 34.2 Å². The molecule has 0 radical (unpaired) electrons. The van der Waals surface area contributed by atoms with Crippen LogP contribution in [-0.4, -0.2) is 28.1 Å². The maximum Gasteiger partial charge on any atom is 0.414 e. The molecule has 0 saturated carbocycles. The van der Waals surface area contributed by atoms with Crippen LogP contribution in [0.4, 0.5) is 9.93 Å². The van der Waals surface area contributed by atoms with Crippen LogP contribution in [0.25, 0.3) is 0 Å².